The minimum atomic E-state index is -0.188. The van der Waals surface area contributed by atoms with Gasteiger partial charge >= 0.3 is 0 Å². The van der Waals surface area contributed by atoms with Crippen LogP contribution in [0.1, 0.15) is 26.7 Å². The van der Waals surface area contributed by atoms with E-state index >= 15 is 0 Å². The van der Waals surface area contributed by atoms with Crippen molar-refractivity contribution in [2.75, 3.05) is 13.2 Å². The zero-order valence-electron chi connectivity index (χ0n) is 13.3. The second kappa shape index (κ2) is 6.36. The number of para-hydroxylation sites is 1. The number of benzene rings is 1. The molecule has 0 bridgehead atoms. The number of hydrogen-bond acceptors (Lipinski definition) is 3. The van der Waals surface area contributed by atoms with Gasteiger partial charge in [0.1, 0.15) is 12.4 Å². The normalized spacial score (nSPS) is 24.2. The molecule has 4 nitrogen and oxygen atoms in total. The standard InChI is InChI=1S/C18H20ClNO3/c1-11-9-13-14(10-12(11)2)18(22)20(17(13)21)7-8-23-16-6-4-3-5-15(16)19/h3-6,13-14H,7-10H2,1-2H3. The third-order valence-electron chi connectivity index (χ3n) is 4.84. The molecule has 0 N–H and O–H groups in total. The van der Waals surface area contributed by atoms with Gasteiger partial charge in [0.05, 0.1) is 23.4 Å². The maximum atomic E-state index is 12.5. The molecule has 1 aromatic rings. The van der Waals surface area contributed by atoms with Crippen LogP contribution in [-0.2, 0) is 9.59 Å². The van der Waals surface area contributed by atoms with Crippen LogP contribution in [0.2, 0.25) is 5.02 Å². The molecule has 2 aliphatic rings. The van der Waals surface area contributed by atoms with E-state index in [1.54, 1.807) is 12.1 Å². The molecule has 122 valence electrons. The molecular weight excluding hydrogens is 314 g/mol. The van der Waals surface area contributed by atoms with Gasteiger partial charge in [-0.25, -0.2) is 0 Å². The molecule has 1 saturated heterocycles. The van der Waals surface area contributed by atoms with Crippen LogP contribution in [-0.4, -0.2) is 29.9 Å². The molecule has 0 spiro atoms. The lowest BCUT2D eigenvalue weighted by atomic mass is 9.78. The Hall–Kier alpha value is -1.81. The van der Waals surface area contributed by atoms with E-state index in [-0.39, 0.29) is 36.8 Å². The Balaban J connectivity index is 1.63. The molecule has 1 aliphatic heterocycles. The number of rotatable bonds is 4. The van der Waals surface area contributed by atoms with Gasteiger partial charge in [-0.2, -0.15) is 0 Å². The summed E-state index contributed by atoms with van der Waals surface area (Å²) in [7, 11) is 0. The number of hydrogen-bond donors (Lipinski definition) is 0. The molecular formula is C18H20ClNO3. The van der Waals surface area contributed by atoms with E-state index in [2.05, 4.69) is 0 Å². The molecule has 2 amide bonds. The number of ether oxygens (including phenoxy) is 1. The summed E-state index contributed by atoms with van der Waals surface area (Å²) in [5.74, 6) is 0.0706. The van der Waals surface area contributed by atoms with Crippen LogP contribution < -0.4 is 4.74 Å². The zero-order chi connectivity index (χ0) is 16.6. The molecule has 0 saturated carbocycles. The molecule has 0 radical (unpaired) electrons. The van der Waals surface area contributed by atoms with E-state index in [4.69, 9.17) is 16.3 Å². The summed E-state index contributed by atoms with van der Waals surface area (Å²) in [6.45, 7) is 4.62. The summed E-state index contributed by atoms with van der Waals surface area (Å²) >= 11 is 6.03. The topological polar surface area (TPSA) is 46.6 Å². The number of allylic oxidation sites excluding steroid dienone is 2. The van der Waals surface area contributed by atoms with Gasteiger partial charge in [0.2, 0.25) is 11.8 Å². The number of halogens is 1. The summed E-state index contributed by atoms with van der Waals surface area (Å²) in [6, 6.07) is 7.17. The van der Waals surface area contributed by atoms with Crippen molar-refractivity contribution in [1.82, 2.24) is 4.90 Å². The molecule has 0 aromatic heterocycles. The first-order valence-electron chi connectivity index (χ1n) is 7.87. The van der Waals surface area contributed by atoms with Gasteiger partial charge in [-0.05, 0) is 38.8 Å². The van der Waals surface area contributed by atoms with Crippen molar-refractivity contribution in [1.29, 1.82) is 0 Å². The fourth-order valence-electron chi connectivity index (χ4n) is 3.35. The predicted octanol–water partition coefficient (Wildman–Crippen LogP) is 3.45. The Morgan fingerprint density at radius 1 is 1.09 bits per heavy atom. The SMILES string of the molecule is CC1=C(C)CC2C(=O)N(CCOc3ccccc3Cl)C(=O)C2C1. The number of imide groups is 1. The molecule has 23 heavy (non-hydrogen) atoms. The Morgan fingerprint density at radius 2 is 1.65 bits per heavy atom. The molecule has 1 fully saturated rings. The Labute approximate surface area is 141 Å². The fourth-order valence-corrected chi connectivity index (χ4v) is 3.54. The van der Waals surface area contributed by atoms with E-state index in [9.17, 15) is 9.59 Å². The first kappa shape index (κ1) is 16.1. The van der Waals surface area contributed by atoms with E-state index < -0.39 is 0 Å². The summed E-state index contributed by atoms with van der Waals surface area (Å²) in [4.78, 5) is 26.4. The van der Waals surface area contributed by atoms with Crippen molar-refractivity contribution in [3.63, 3.8) is 0 Å². The Morgan fingerprint density at radius 3 is 2.22 bits per heavy atom. The van der Waals surface area contributed by atoms with Crippen molar-refractivity contribution in [2.24, 2.45) is 11.8 Å². The van der Waals surface area contributed by atoms with Crippen LogP contribution in [0.3, 0.4) is 0 Å². The molecule has 3 rings (SSSR count). The summed E-state index contributed by atoms with van der Waals surface area (Å²) < 4.78 is 5.60. The van der Waals surface area contributed by atoms with Crippen molar-refractivity contribution in [3.8, 4) is 5.75 Å². The average Bonchev–Trinajstić information content (AvgIpc) is 2.74. The van der Waals surface area contributed by atoms with Gasteiger partial charge in [-0.15, -0.1) is 0 Å². The van der Waals surface area contributed by atoms with Gasteiger partial charge < -0.3 is 4.74 Å². The molecule has 5 heteroatoms. The first-order valence-corrected chi connectivity index (χ1v) is 8.24. The van der Waals surface area contributed by atoms with Crippen LogP contribution >= 0.6 is 11.6 Å². The lowest BCUT2D eigenvalue weighted by molar-refractivity contribution is -0.140. The van der Waals surface area contributed by atoms with Crippen molar-refractivity contribution >= 4 is 23.4 Å². The highest BCUT2D eigenvalue weighted by atomic mass is 35.5. The van der Waals surface area contributed by atoms with E-state index in [0.29, 0.717) is 23.6 Å². The third-order valence-corrected chi connectivity index (χ3v) is 5.15. The van der Waals surface area contributed by atoms with Crippen LogP contribution in [0, 0.1) is 11.8 Å². The average molecular weight is 334 g/mol. The summed E-state index contributed by atoms with van der Waals surface area (Å²) in [5, 5.41) is 0.524. The van der Waals surface area contributed by atoms with Gasteiger partial charge in [0.15, 0.2) is 0 Å². The predicted molar refractivity (Wildman–Crippen MR) is 88.3 cm³/mol. The monoisotopic (exact) mass is 333 g/mol. The van der Waals surface area contributed by atoms with Crippen molar-refractivity contribution < 1.29 is 14.3 Å². The van der Waals surface area contributed by atoms with Gasteiger partial charge in [-0.1, -0.05) is 34.9 Å². The summed E-state index contributed by atoms with van der Waals surface area (Å²) in [5.41, 5.74) is 2.48. The Bertz CT molecular complexity index is 651. The second-order valence-electron chi connectivity index (χ2n) is 6.29. The van der Waals surface area contributed by atoms with Crippen LogP contribution in [0.5, 0.6) is 5.75 Å². The molecule has 1 aliphatic carbocycles. The van der Waals surface area contributed by atoms with Crippen LogP contribution in [0.25, 0.3) is 0 Å². The molecule has 2 atom stereocenters. The number of nitrogens with zero attached hydrogens (tertiary/aromatic N) is 1. The van der Waals surface area contributed by atoms with E-state index in [1.807, 2.05) is 26.0 Å². The van der Waals surface area contributed by atoms with Crippen LogP contribution in [0.4, 0.5) is 0 Å². The largest absolute Gasteiger partial charge is 0.490 e. The molecule has 1 heterocycles. The maximum absolute atomic E-state index is 12.5. The number of fused-ring (bicyclic) bond motifs is 1. The minimum Gasteiger partial charge on any atom is -0.490 e. The number of carbonyl (C=O) groups is 2. The number of carbonyl (C=O) groups excluding carboxylic acids is 2. The maximum Gasteiger partial charge on any atom is 0.233 e. The van der Waals surface area contributed by atoms with E-state index in [0.717, 1.165) is 0 Å². The van der Waals surface area contributed by atoms with Gasteiger partial charge in [-0.3, -0.25) is 14.5 Å². The molecule has 1 aromatic carbocycles. The number of likely N-dealkylation sites (tertiary alicyclic amines) is 1. The van der Waals surface area contributed by atoms with Gasteiger partial charge in [0.25, 0.3) is 0 Å². The minimum absolute atomic E-state index is 0.0605. The zero-order valence-corrected chi connectivity index (χ0v) is 14.1. The first-order chi connectivity index (χ1) is 11.0. The lowest BCUT2D eigenvalue weighted by Gasteiger charge is -2.23. The fraction of sp³-hybridized carbons (Fsp3) is 0.444. The third kappa shape index (κ3) is 3.00. The van der Waals surface area contributed by atoms with Crippen molar-refractivity contribution in [2.45, 2.75) is 26.7 Å². The second-order valence-corrected chi connectivity index (χ2v) is 6.70. The lowest BCUT2D eigenvalue weighted by Crippen LogP contribution is -2.34. The van der Waals surface area contributed by atoms with E-state index in [1.165, 1.54) is 16.0 Å². The smallest absolute Gasteiger partial charge is 0.233 e. The van der Waals surface area contributed by atoms with Gasteiger partial charge in [0, 0.05) is 0 Å². The highest BCUT2D eigenvalue weighted by Gasteiger charge is 2.48. The molecule has 2 unspecified atom stereocenters. The van der Waals surface area contributed by atoms with Crippen LogP contribution in [0.15, 0.2) is 35.4 Å². The highest BCUT2D eigenvalue weighted by Crippen LogP contribution is 2.40. The Kier molecular flexibility index (Phi) is 4.44. The van der Waals surface area contributed by atoms with Crippen molar-refractivity contribution in [3.05, 3.63) is 40.4 Å². The number of amides is 2. The summed E-state index contributed by atoms with van der Waals surface area (Å²) in [6.07, 6.45) is 1.39. The highest BCUT2D eigenvalue weighted by molar-refractivity contribution is 6.32. The quantitative estimate of drug-likeness (QED) is 0.626.